The zero-order chi connectivity index (χ0) is 7.56. The van der Waals surface area contributed by atoms with Gasteiger partial charge in [0.05, 0.1) is 11.4 Å². The second-order valence-electron chi connectivity index (χ2n) is 1.84. The lowest BCUT2D eigenvalue weighted by Crippen LogP contribution is -2.20. The van der Waals surface area contributed by atoms with Crippen LogP contribution >= 0.6 is 12.8 Å². The number of thiol groups is 1. The maximum absolute atomic E-state index is 7.29. The van der Waals surface area contributed by atoms with Crippen LogP contribution in [0.15, 0.2) is 28.3 Å². The first-order valence-corrected chi connectivity index (χ1v) is 3.11. The highest BCUT2D eigenvalue weighted by atomic mass is 32.1. The van der Waals surface area contributed by atoms with Crippen LogP contribution in [-0.4, -0.2) is 11.4 Å². The van der Waals surface area contributed by atoms with Crippen molar-refractivity contribution in [2.24, 2.45) is 10.1 Å². The van der Waals surface area contributed by atoms with Crippen molar-refractivity contribution in [1.29, 1.82) is 5.41 Å². The summed E-state index contributed by atoms with van der Waals surface area (Å²) in [6, 6.07) is 0. The van der Waals surface area contributed by atoms with E-state index in [1.807, 2.05) is 0 Å². The third-order valence-corrected chi connectivity index (χ3v) is 1.37. The lowest BCUT2D eigenvalue weighted by molar-refractivity contribution is 1.45. The van der Waals surface area contributed by atoms with Crippen LogP contribution in [0.25, 0.3) is 0 Å². The fourth-order valence-corrected chi connectivity index (χ4v) is 0.896. The molecule has 0 unspecified atom stereocenters. The van der Waals surface area contributed by atoms with Gasteiger partial charge in [-0.05, 0) is 25.0 Å². The Labute approximate surface area is 64.4 Å². The molecule has 0 aliphatic heterocycles. The summed E-state index contributed by atoms with van der Waals surface area (Å²) in [6.07, 6.45) is 5.01. The number of allylic oxidation sites excluding steroid dienone is 4. The van der Waals surface area contributed by atoms with E-state index in [1.54, 1.807) is 18.2 Å². The van der Waals surface area contributed by atoms with Crippen molar-refractivity contribution in [2.75, 3.05) is 0 Å². The lowest BCUT2D eigenvalue weighted by atomic mass is 10.1. The van der Waals surface area contributed by atoms with Gasteiger partial charge in [0.25, 0.3) is 0 Å². The Morgan fingerprint density at radius 2 is 2.30 bits per heavy atom. The highest BCUT2D eigenvalue weighted by Gasteiger charge is 2.08. The molecule has 1 aliphatic rings. The molecule has 0 aromatic rings. The molecule has 3 nitrogen and oxygen atoms in total. The summed E-state index contributed by atoms with van der Waals surface area (Å²) in [5.41, 5.74) is 6.69. The van der Waals surface area contributed by atoms with Crippen LogP contribution in [-0.2, 0) is 0 Å². The third kappa shape index (κ3) is 1.11. The van der Waals surface area contributed by atoms with Crippen molar-refractivity contribution in [2.45, 2.75) is 0 Å². The van der Waals surface area contributed by atoms with Gasteiger partial charge in [-0.2, -0.15) is 0 Å². The van der Waals surface area contributed by atoms with Gasteiger partial charge >= 0.3 is 0 Å². The molecule has 0 fully saturated rings. The topological polar surface area (TPSA) is 62.2 Å². The molecule has 0 bridgehead atoms. The zero-order valence-electron chi connectivity index (χ0n) is 5.20. The summed E-state index contributed by atoms with van der Waals surface area (Å²) in [7, 11) is 0. The van der Waals surface area contributed by atoms with E-state index in [9.17, 15) is 0 Å². The monoisotopic (exact) mass is 153 g/mol. The van der Waals surface area contributed by atoms with E-state index < -0.39 is 0 Å². The van der Waals surface area contributed by atoms with Crippen LogP contribution in [0, 0.1) is 5.41 Å². The average molecular weight is 153 g/mol. The Bertz CT molecular complexity index is 250. The number of nitrogens with one attached hydrogen (secondary N) is 1. The Balaban J connectivity index is 3.04. The molecule has 0 amide bonds. The maximum Gasteiger partial charge on any atom is 0.119 e. The summed E-state index contributed by atoms with van der Waals surface area (Å²) >= 11 is 3.67. The predicted molar refractivity (Wildman–Crippen MR) is 45.6 cm³/mol. The minimum Gasteiger partial charge on any atom is -0.397 e. The number of rotatable bonds is 0. The van der Waals surface area contributed by atoms with Crippen LogP contribution < -0.4 is 5.73 Å². The van der Waals surface area contributed by atoms with Crippen molar-refractivity contribution in [3.8, 4) is 0 Å². The zero-order valence-corrected chi connectivity index (χ0v) is 6.10. The molecular weight excluding hydrogens is 146 g/mol. The van der Waals surface area contributed by atoms with Gasteiger partial charge in [0, 0.05) is 0 Å². The van der Waals surface area contributed by atoms with Crippen molar-refractivity contribution >= 4 is 24.2 Å². The minimum atomic E-state index is 0.301. The quantitative estimate of drug-likeness (QED) is 0.348. The molecule has 0 aromatic heterocycles. The smallest absolute Gasteiger partial charge is 0.119 e. The molecular formula is C6H7N3S. The first-order chi connectivity index (χ1) is 4.75. The molecule has 0 heterocycles. The fraction of sp³-hybridized carbons (Fsp3) is 0. The van der Waals surface area contributed by atoms with Crippen molar-refractivity contribution in [3.05, 3.63) is 23.9 Å². The Kier molecular flexibility index (Phi) is 1.91. The molecule has 0 aromatic carbocycles. The van der Waals surface area contributed by atoms with E-state index in [0.29, 0.717) is 17.1 Å². The number of nitrogens with two attached hydrogens (primary N) is 1. The molecule has 0 atom stereocenters. The van der Waals surface area contributed by atoms with Crippen LogP contribution in [0.5, 0.6) is 0 Å². The van der Waals surface area contributed by atoms with Crippen molar-refractivity contribution in [3.63, 3.8) is 0 Å². The highest BCUT2D eigenvalue weighted by Crippen LogP contribution is 2.02. The standard InChI is InChI=1S/C6H7N3S/c7-4-2-1-3-5(8)6(4)9-10/h1-3,7,10H,8H2/b7-4?,9-6+. The predicted octanol–water partition coefficient (Wildman–Crippen LogP) is 0.704. The van der Waals surface area contributed by atoms with Gasteiger partial charge in [-0.1, -0.05) is 6.08 Å². The van der Waals surface area contributed by atoms with Crippen molar-refractivity contribution < 1.29 is 0 Å². The molecule has 1 aliphatic carbocycles. The molecule has 10 heavy (non-hydrogen) atoms. The fourth-order valence-electron chi connectivity index (χ4n) is 0.673. The van der Waals surface area contributed by atoms with Crippen LogP contribution in [0.4, 0.5) is 0 Å². The Morgan fingerprint density at radius 1 is 1.60 bits per heavy atom. The molecule has 3 N–H and O–H groups in total. The molecule has 52 valence electrons. The second-order valence-corrected chi connectivity index (χ2v) is 2.04. The SMILES string of the molecule is N=C1C=CC=C(N)/C1=N/S. The van der Waals surface area contributed by atoms with Gasteiger partial charge in [0.1, 0.15) is 5.71 Å². The number of hydrogen-bond donors (Lipinski definition) is 3. The summed E-state index contributed by atoms with van der Waals surface area (Å²) < 4.78 is 3.55. The third-order valence-electron chi connectivity index (χ3n) is 1.17. The van der Waals surface area contributed by atoms with E-state index in [-0.39, 0.29) is 0 Å². The van der Waals surface area contributed by atoms with E-state index in [2.05, 4.69) is 17.2 Å². The second kappa shape index (κ2) is 2.70. The molecule has 0 radical (unpaired) electrons. The van der Waals surface area contributed by atoms with Gasteiger partial charge < -0.3 is 5.73 Å². The van der Waals surface area contributed by atoms with Crippen LogP contribution in [0.2, 0.25) is 0 Å². The van der Waals surface area contributed by atoms with E-state index in [1.165, 1.54) is 0 Å². The molecule has 0 saturated heterocycles. The van der Waals surface area contributed by atoms with E-state index in [4.69, 9.17) is 11.1 Å². The lowest BCUT2D eigenvalue weighted by Gasteiger charge is -2.05. The molecule has 4 heteroatoms. The van der Waals surface area contributed by atoms with Gasteiger partial charge in [-0.3, -0.25) is 5.41 Å². The summed E-state index contributed by atoms with van der Waals surface area (Å²) in [5, 5.41) is 7.29. The van der Waals surface area contributed by atoms with E-state index in [0.717, 1.165) is 0 Å². The summed E-state index contributed by atoms with van der Waals surface area (Å²) in [4.78, 5) is 0. The van der Waals surface area contributed by atoms with Gasteiger partial charge in [-0.15, -0.1) is 0 Å². The Hall–Kier alpha value is -1.03. The molecule has 1 rings (SSSR count). The van der Waals surface area contributed by atoms with Gasteiger partial charge in [0.2, 0.25) is 0 Å². The van der Waals surface area contributed by atoms with Gasteiger partial charge in [-0.25, -0.2) is 4.40 Å². The first-order valence-electron chi connectivity index (χ1n) is 2.71. The van der Waals surface area contributed by atoms with Crippen LogP contribution in [0.1, 0.15) is 0 Å². The Morgan fingerprint density at radius 3 is 2.70 bits per heavy atom. The van der Waals surface area contributed by atoms with E-state index >= 15 is 0 Å². The molecule has 0 saturated carbocycles. The number of nitrogens with zero attached hydrogens (tertiary/aromatic N) is 1. The number of hydrogen-bond acceptors (Lipinski definition) is 4. The largest absolute Gasteiger partial charge is 0.397 e. The normalized spacial score (nSPS) is 21.5. The molecule has 0 spiro atoms. The maximum atomic E-state index is 7.29. The van der Waals surface area contributed by atoms with Crippen LogP contribution in [0.3, 0.4) is 0 Å². The minimum absolute atomic E-state index is 0.301. The first kappa shape index (κ1) is 7.08. The summed E-state index contributed by atoms with van der Waals surface area (Å²) in [6.45, 7) is 0. The van der Waals surface area contributed by atoms with Gasteiger partial charge in [0.15, 0.2) is 0 Å². The van der Waals surface area contributed by atoms with Crippen molar-refractivity contribution in [1.82, 2.24) is 0 Å². The average Bonchev–Trinajstić information content (AvgIpc) is 1.88. The highest BCUT2D eigenvalue weighted by molar-refractivity contribution is 7.79. The summed E-state index contributed by atoms with van der Waals surface area (Å²) in [5.74, 6) is 0.